The van der Waals surface area contributed by atoms with E-state index in [1.165, 1.54) is 0 Å². The molecule has 4 rings (SSSR count). The minimum absolute atomic E-state index is 0.0819. The van der Waals surface area contributed by atoms with Gasteiger partial charge in [-0.2, -0.15) is 5.10 Å². The molecule has 1 aromatic heterocycles. The molecule has 0 unspecified atom stereocenters. The fourth-order valence-electron chi connectivity index (χ4n) is 4.16. The second-order valence-corrected chi connectivity index (χ2v) is 7.58. The number of aromatic nitrogens is 2. The number of aromatic hydroxyl groups is 1. The van der Waals surface area contributed by atoms with Crippen LogP contribution in [0.1, 0.15) is 47.1 Å². The van der Waals surface area contributed by atoms with Gasteiger partial charge in [0.05, 0.1) is 25.9 Å². The predicted octanol–water partition coefficient (Wildman–Crippen LogP) is 3.43. The van der Waals surface area contributed by atoms with Gasteiger partial charge in [0.25, 0.3) is 5.91 Å². The van der Waals surface area contributed by atoms with Gasteiger partial charge in [-0.1, -0.05) is 17.7 Å². The Balaban J connectivity index is 1.89. The van der Waals surface area contributed by atoms with Gasteiger partial charge in [-0.3, -0.25) is 9.89 Å². The summed E-state index contributed by atoms with van der Waals surface area (Å²) in [7, 11) is 0. The topological polar surface area (TPSA) is 108 Å². The van der Waals surface area contributed by atoms with Crippen LogP contribution in [-0.2, 0) is 0 Å². The van der Waals surface area contributed by atoms with Gasteiger partial charge in [-0.15, -0.1) is 0 Å². The molecule has 2 heterocycles. The minimum Gasteiger partial charge on any atom is -0.507 e. The van der Waals surface area contributed by atoms with Gasteiger partial charge < -0.3 is 24.6 Å². The van der Waals surface area contributed by atoms with Gasteiger partial charge in [-0.05, 0) is 50.6 Å². The van der Waals surface area contributed by atoms with Crippen LogP contribution in [0.2, 0.25) is 0 Å². The molecule has 0 bridgehead atoms. The van der Waals surface area contributed by atoms with Gasteiger partial charge in [0.1, 0.15) is 17.1 Å². The molecule has 3 aromatic rings. The van der Waals surface area contributed by atoms with E-state index in [0.717, 1.165) is 11.1 Å². The van der Waals surface area contributed by atoms with Crippen LogP contribution in [0.5, 0.6) is 17.2 Å². The number of carbonyl (C=O) groups excluding carboxylic acids is 1. The summed E-state index contributed by atoms with van der Waals surface area (Å²) in [6, 6.07) is 10.3. The van der Waals surface area contributed by atoms with E-state index in [2.05, 4.69) is 10.2 Å². The number of phenolic OH excluding ortho intramolecular Hbond substituents is 1. The molecule has 0 saturated heterocycles. The first-order valence-electron chi connectivity index (χ1n) is 10.7. The number of aryl methyl sites for hydroxylation is 1. The van der Waals surface area contributed by atoms with Gasteiger partial charge in [0.2, 0.25) is 0 Å². The summed E-state index contributed by atoms with van der Waals surface area (Å²) in [6.45, 7) is 6.67. The van der Waals surface area contributed by atoms with E-state index in [0.29, 0.717) is 47.2 Å². The van der Waals surface area contributed by atoms with Gasteiger partial charge in [0.15, 0.2) is 11.5 Å². The zero-order valence-electron chi connectivity index (χ0n) is 18.4. The summed E-state index contributed by atoms with van der Waals surface area (Å²) in [5.74, 6) is 1.04. The number of ether oxygens (including phenoxy) is 2. The number of amides is 1. The molecule has 3 N–H and O–H groups in total. The van der Waals surface area contributed by atoms with Crippen LogP contribution in [0.15, 0.2) is 36.4 Å². The average Bonchev–Trinajstić information content (AvgIpc) is 3.31. The van der Waals surface area contributed by atoms with E-state index in [4.69, 9.17) is 9.47 Å². The molecule has 0 saturated carbocycles. The molecule has 1 atom stereocenters. The summed E-state index contributed by atoms with van der Waals surface area (Å²) in [5.41, 5.74) is 3.82. The Hall–Kier alpha value is -3.52. The van der Waals surface area contributed by atoms with Crippen molar-refractivity contribution in [1.82, 2.24) is 15.1 Å². The number of phenols is 1. The lowest BCUT2D eigenvalue weighted by molar-refractivity contribution is 0.0706. The highest BCUT2D eigenvalue weighted by molar-refractivity contribution is 6.00. The van der Waals surface area contributed by atoms with Crippen LogP contribution in [0.4, 0.5) is 0 Å². The number of fused-ring (bicyclic) bond motifs is 1. The van der Waals surface area contributed by atoms with Crippen molar-refractivity contribution in [3.8, 4) is 28.5 Å². The highest BCUT2D eigenvalue weighted by Crippen LogP contribution is 2.45. The van der Waals surface area contributed by atoms with Crippen molar-refractivity contribution in [2.45, 2.75) is 26.8 Å². The molecule has 0 spiro atoms. The molecular weight excluding hydrogens is 410 g/mol. The molecule has 1 aliphatic heterocycles. The fourth-order valence-corrected chi connectivity index (χ4v) is 4.16. The lowest BCUT2D eigenvalue weighted by Crippen LogP contribution is -2.32. The largest absolute Gasteiger partial charge is 0.507 e. The lowest BCUT2D eigenvalue weighted by atomic mass is 9.95. The quantitative estimate of drug-likeness (QED) is 0.498. The molecule has 1 aliphatic rings. The van der Waals surface area contributed by atoms with Gasteiger partial charge >= 0.3 is 0 Å². The summed E-state index contributed by atoms with van der Waals surface area (Å²) in [6.07, 6.45) is 0. The number of benzene rings is 2. The number of nitrogens with zero attached hydrogens (tertiary/aromatic N) is 2. The Morgan fingerprint density at radius 3 is 2.56 bits per heavy atom. The van der Waals surface area contributed by atoms with E-state index in [9.17, 15) is 15.0 Å². The first kappa shape index (κ1) is 21.7. The zero-order valence-corrected chi connectivity index (χ0v) is 18.4. The van der Waals surface area contributed by atoms with Crippen LogP contribution < -0.4 is 9.47 Å². The van der Waals surface area contributed by atoms with Crippen molar-refractivity contribution in [1.29, 1.82) is 0 Å². The number of carbonyl (C=O) groups is 1. The van der Waals surface area contributed by atoms with Crippen LogP contribution in [-0.4, -0.2) is 57.6 Å². The van der Waals surface area contributed by atoms with Crippen LogP contribution in [0, 0.1) is 6.92 Å². The number of rotatable bonds is 8. The number of hydrogen-bond acceptors (Lipinski definition) is 6. The highest BCUT2D eigenvalue weighted by Gasteiger charge is 2.42. The first-order valence-corrected chi connectivity index (χ1v) is 10.7. The van der Waals surface area contributed by atoms with Crippen molar-refractivity contribution in [2.75, 3.05) is 26.4 Å². The minimum atomic E-state index is -0.506. The van der Waals surface area contributed by atoms with Crippen LogP contribution >= 0.6 is 0 Å². The smallest absolute Gasteiger partial charge is 0.273 e. The molecule has 1 amide bonds. The number of aliphatic hydroxyl groups is 1. The highest BCUT2D eigenvalue weighted by atomic mass is 16.5. The number of hydrogen-bond donors (Lipinski definition) is 3. The Morgan fingerprint density at radius 2 is 1.84 bits per heavy atom. The van der Waals surface area contributed by atoms with E-state index in [-0.39, 0.29) is 24.8 Å². The van der Waals surface area contributed by atoms with Crippen molar-refractivity contribution in [2.24, 2.45) is 0 Å². The standard InChI is InChI=1S/C24H27N3O5/c1-4-31-18-9-7-15(13-19(18)32-5-2)23-20-21(16-12-14(3)6-8-17(16)29)25-26-22(20)24(30)27(23)10-11-28/h6-9,12-13,23,28-29H,4-5,10-11H2,1-3H3,(H,25,26)/t23-/m1/s1. The number of aliphatic hydroxyl groups excluding tert-OH is 1. The summed E-state index contributed by atoms with van der Waals surface area (Å²) < 4.78 is 11.5. The number of H-pyrrole nitrogens is 1. The number of aromatic amines is 1. The van der Waals surface area contributed by atoms with Crippen molar-refractivity contribution >= 4 is 5.91 Å². The van der Waals surface area contributed by atoms with E-state index in [1.807, 2.05) is 51.1 Å². The Labute approximate surface area is 186 Å². The Kier molecular flexibility index (Phi) is 6.05. The Morgan fingerprint density at radius 1 is 1.09 bits per heavy atom. The third kappa shape index (κ3) is 3.67. The molecule has 0 aliphatic carbocycles. The SMILES string of the molecule is CCOc1ccc([C@@H]2c3c(-c4cc(C)ccc4O)n[nH]c3C(=O)N2CCO)cc1OCC. The number of nitrogens with one attached hydrogen (secondary N) is 1. The monoisotopic (exact) mass is 437 g/mol. The molecule has 168 valence electrons. The van der Waals surface area contributed by atoms with Crippen molar-refractivity contribution < 1.29 is 24.5 Å². The third-order valence-electron chi connectivity index (χ3n) is 5.50. The Bertz CT molecular complexity index is 1140. The summed E-state index contributed by atoms with van der Waals surface area (Å²) >= 11 is 0. The fraction of sp³-hybridized carbons (Fsp3) is 0.333. The molecular formula is C24H27N3O5. The first-order chi connectivity index (χ1) is 15.5. The zero-order chi connectivity index (χ0) is 22.8. The maximum absolute atomic E-state index is 13.2. The molecule has 0 radical (unpaired) electrons. The predicted molar refractivity (Wildman–Crippen MR) is 119 cm³/mol. The maximum Gasteiger partial charge on any atom is 0.273 e. The maximum atomic E-state index is 13.2. The van der Waals surface area contributed by atoms with Gasteiger partial charge in [-0.25, -0.2) is 0 Å². The average molecular weight is 437 g/mol. The molecule has 0 fully saturated rings. The normalized spacial score (nSPS) is 15.2. The molecule has 8 heteroatoms. The van der Waals surface area contributed by atoms with E-state index >= 15 is 0 Å². The number of β-amino-alcohol motifs (C(OH)–C–C–N with tert-alkyl or cyclic N) is 1. The molecule has 8 nitrogen and oxygen atoms in total. The second-order valence-electron chi connectivity index (χ2n) is 7.58. The van der Waals surface area contributed by atoms with E-state index < -0.39 is 6.04 Å². The summed E-state index contributed by atoms with van der Waals surface area (Å²) in [4.78, 5) is 14.8. The molecule has 32 heavy (non-hydrogen) atoms. The van der Waals surface area contributed by atoms with Crippen molar-refractivity contribution in [3.05, 3.63) is 58.8 Å². The van der Waals surface area contributed by atoms with Crippen LogP contribution in [0.3, 0.4) is 0 Å². The summed E-state index contributed by atoms with van der Waals surface area (Å²) in [5, 5.41) is 27.4. The van der Waals surface area contributed by atoms with Crippen LogP contribution in [0.25, 0.3) is 11.3 Å². The van der Waals surface area contributed by atoms with Gasteiger partial charge in [0, 0.05) is 17.7 Å². The second kappa shape index (κ2) is 8.92. The van der Waals surface area contributed by atoms with E-state index in [1.54, 1.807) is 11.0 Å². The lowest BCUT2D eigenvalue weighted by Gasteiger charge is -2.26. The van der Waals surface area contributed by atoms with Crippen molar-refractivity contribution in [3.63, 3.8) is 0 Å². The molecule has 2 aromatic carbocycles. The third-order valence-corrected chi connectivity index (χ3v) is 5.50.